The fourth-order valence-electron chi connectivity index (χ4n) is 6.52. The van der Waals surface area contributed by atoms with E-state index in [9.17, 15) is 14.7 Å². The van der Waals surface area contributed by atoms with Crippen LogP contribution < -0.4 is 10.1 Å². The number of ether oxygens (including phenoxy) is 1. The molecule has 2 bridgehead atoms. The highest BCUT2D eigenvalue weighted by Crippen LogP contribution is 2.51. The van der Waals surface area contributed by atoms with E-state index in [1.54, 1.807) is 42.5 Å². The van der Waals surface area contributed by atoms with E-state index in [1.807, 2.05) is 12.1 Å². The second-order valence-corrected chi connectivity index (χ2v) is 11.0. The van der Waals surface area contributed by atoms with Crippen molar-refractivity contribution in [2.24, 2.45) is 17.8 Å². The van der Waals surface area contributed by atoms with Crippen LogP contribution in [0.25, 0.3) is 0 Å². The van der Waals surface area contributed by atoms with Gasteiger partial charge in [-0.05, 0) is 109 Å². The van der Waals surface area contributed by atoms with Crippen LogP contribution >= 0.6 is 0 Å². The van der Waals surface area contributed by atoms with Crippen molar-refractivity contribution in [1.82, 2.24) is 0 Å². The summed E-state index contributed by atoms with van der Waals surface area (Å²) in [6, 6.07) is 21.5. The highest BCUT2D eigenvalue weighted by Gasteiger charge is 2.41. The molecule has 0 radical (unpaired) electrons. The number of benzene rings is 3. The van der Waals surface area contributed by atoms with Crippen LogP contribution in [0.15, 0.2) is 72.8 Å². The number of anilines is 1. The van der Waals surface area contributed by atoms with Gasteiger partial charge in [0.1, 0.15) is 17.1 Å². The molecule has 2 aliphatic rings. The Morgan fingerprint density at radius 1 is 0.889 bits per heavy atom. The molecule has 36 heavy (non-hydrogen) atoms. The molecule has 5 nitrogen and oxygen atoms in total. The van der Waals surface area contributed by atoms with Gasteiger partial charge in [-0.3, -0.25) is 4.79 Å². The van der Waals surface area contributed by atoms with E-state index in [4.69, 9.17) is 4.74 Å². The average Bonchev–Trinajstić information content (AvgIpc) is 2.84. The Kier molecular flexibility index (Phi) is 6.57. The topological polar surface area (TPSA) is 75.6 Å². The van der Waals surface area contributed by atoms with E-state index in [1.165, 1.54) is 43.7 Å². The second kappa shape index (κ2) is 9.81. The highest BCUT2D eigenvalue weighted by atomic mass is 16.5. The van der Waals surface area contributed by atoms with Crippen molar-refractivity contribution in [3.05, 3.63) is 89.5 Å². The molecule has 186 valence electrons. The molecule has 0 saturated heterocycles. The van der Waals surface area contributed by atoms with Crippen molar-refractivity contribution in [1.29, 1.82) is 0 Å². The number of carboxylic acid groups (broad SMARTS) is 1. The summed E-state index contributed by atoms with van der Waals surface area (Å²) in [4.78, 5) is 24.2. The van der Waals surface area contributed by atoms with Gasteiger partial charge in [-0.1, -0.05) is 38.1 Å². The average molecular weight is 484 g/mol. The minimum absolute atomic E-state index is 0.0858. The molecular formula is C31H33NO4. The normalized spacial score (nSPS) is 25.1. The largest absolute Gasteiger partial charge is 0.478 e. The summed E-state index contributed by atoms with van der Waals surface area (Å²) < 4.78 is 5.72. The van der Waals surface area contributed by atoms with Crippen LogP contribution in [0.3, 0.4) is 0 Å². The Balaban J connectivity index is 1.22. The molecule has 2 fully saturated rings. The standard InChI is InChI=1S/C31H33NO4/c1-20-15-21-17-22(16-20)19-31(2,18-21)24-9-11-25(12-10-24)32-29(33)23-7-13-26(14-8-23)36-28-6-4-3-5-27(28)30(34)35/h3-14,20-22H,15-19H2,1-2H3,(H,32,33)(H,34,35). The lowest BCUT2D eigenvalue weighted by Gasteiger charge is -2.47. The van der Waals surface area contributed by atoms with E-state index in [0.717, 1.165) is 23.4 Å². The highest BCUT2D eigenvalue weighted by molar-refractivity contribution is 6.04. The maximum Gasteiger partial charge on any atom is 0.339 e. The molecule has 3 aromatic rings. The number of carbonyl (C=O) groups excluding carboxylic acids is 1. The number of carboxylic acids is 1. The number of fused-ring (bicyclic) bond motifs is 2. The van der Waals surface area contributed by atoms with Crippen LogP contribution in [0.4, 0.5) is 5.69 Å². The first-order valence-corrected chi connectivity index (χ1v) is 12.8. The third-order valence-electron chi connectivity index (χ3n) is 7.92. The lowest BCUT2D eigenvalue weighted by atomic mass is 9.57. The fourth-order valence-corrected chi connectivity index (χ4v) is 6.52. The summed E-state index contributed by atoms with van der Waals surface area (Å²) in [6.07, 6.45) is 6.62. The second-order valence-electron chi connectivity index (χ2n) is 11.0. The Bertz CT molecular complexity index is 1230. The van der Waals surface area contributed by atoms with Crippen molar-refractivity contribution >= 4 is 17.6 Å². The van der Waals surface area contributed by atoms with E-state index in [-0.39, 0.29) is 22.6 Å². The summed E-state index contributed by atoms with van der Waals surface area (Å²) >= 11 is 0. The van der Waals surface area contributed by atoms with Gasteiger partial charge in [0.05, 0.1) is 0 Å². The van der Waals surface area contributed by atoms with Gasteiger partial charge < -0.3 is 15.2 Å². The SMILES string of the molecule is CC1CC2CC(C1)CC(C)(c1ccc(NC(=O)c3ccc(Oc4ccccc4C(=O)O)cc3)cc1)C2. The molecule has 2 atom stereocenters. The number of nitrogens with one attached hydrogen (secondary N) is 1. The molecular weight excluding hydrogens is 450 g/mol. The molecule has 5 heteroatoms. The van der Waals surface area contributed by atoms with E-state index in [0.29, 0.717) is 11.3 Å². The molecule has 0 aromatic heterocycles. The van der Waals surface area contributed by atoms with Crippen LogP contribution in [0.1, 0.15) is 72.2 Å². The van der Waals surface area contributed by atoms with Crippen LogP contribution in [0, 0.1) is 17.8 Å². The van der Waals surface area contributed by atoms with Crippen molar-refractivity contribution in [2.45, 2.75) is 51.4 Å². The molecule has 0 heterocycles. The molecule has 0 spiro atoms. The molecule has 2 saturated carbocycles. The minimum atomic E-state index is -1.05. The van der Waals surface area contributed by atoms with Crippen molar-refractivity contribution in [3.8, 4) is 11.5 Å². The maximum atomic E-state index is 12.8. The van der Waals surface area contributed by atoms with Crippen molar-refractivity contribution < 1.29 is 19.4 Å². The molecule has 2 aliphatic carbocycles. The van der Waals surface area contributed by atoms with E-state index in [2.05, 4.69) is 31.3 Å². The zero-order valence-electron chi connectivity index (χ0n) is 20.9. The molecule has 0 aliphatic heterocycles. The summed E-state index contributed by atoms with van der Waals surface area (Å²) in [5.41, 5.74) is 2.94. The van der Waals surface area contributed by atoms with Gasteiger partial charge >= 0.3 is 5.97 Å². The van der Waals surface area contributed by atoms with Crippen LogP contribution in [-0.2, 0) is 5.41 Å². The van der Waals surface area contributed by atoms with Crippen LogP contribution in [-0.4, -0.2) is 17.0 Å². The molecule has 2 N–H and O–H groups in total. The number of aromatic carboxylic acids is 1. The van der Waals surface area contributed by atoms with E-state index >= 15 is 0 Å². The number of rotatable bonds is 6. The Morgan fingerprint density at radius 2 is 1.53 bits per heavy atom. The molecule has 5 rings (SSSR count). The van der Waals surface area contributed by atoms with Crippen molar-refractivity contribution in [2.75, 3.05) is 5.32 Å². The quantitative estimate of drug-likeness (QED) is 0.380. The number of hydrogen-bond acceptors (Lipinski definition) is 3. The maximum absolute atomic E-state index is 12.8. The lowest BCUT2D eigenvalue weighted by Crippen LogP contribution is -2.38. The first-order valence-electron chi connectivity index (χ1n) is 12.8. The van der Waals surface area contributed by atoms with Crippen LogP contribution in [0.2, 0.25) is 0 Å². The number of hydrogen-bond donors (Lipinski definition) is 2. The summed E-state index contributed by atoms with van der Waals surface area (Å²) in [6.45, 7) is 4.81. The Labute approximate surface area is 212 Å². The van der Waals surface area contributed by atoms with Gasteiger partial charge in [0.25, 0.3) is 5.91 Å². The molecule has 3 aromatic carbocycles. The monoisotopic (exact) mass is 483 g/mol. The number of para-hydroxylation sites is 1. The first-order chi connectivity index (χ1) is 17.3. The van der Waals surface area contributed by atoms with E-state index < -0.39 is 5.97 Å². The predicted octanol–water partition coefficient (Wildman–Crippen LogP) is 7.53. The molecule has 1 amide bonds. The third kappa shape index (κ3) is 5.15. The lowest BCUT2D eigenvalue weighted by molar-refractivity contribution is 0.0694. The summed E-state index contributed by atoms with van der Waals surface area (Å²) in [5, 5.41) is 12.3. The third-order valence-corrected chi connectivity index (χ3v) is 7.92. The predicted molar refractivity (Wildman–Crippen MR) is 141 cm³/mol. The van der Waals surface area contributed by atoms with Gasteiger partial charge in [0, 0.05) is 11.3 Å². The Hall–Kier alpha value is -3.60. The number of amides is 1. The smallest absolute Gasteiger partial charge is 0.339 e. The van der Waals surface area contributed by atoms with Gasteiger partial charge in [0.15, 0.2) is 0 Å². The fraction of sp³-hybridized carbons (Fsp3) is 0.355. The number of carbonyl (C=O) groups is 2. The van der Waals surface area contributed by atoms with Gasteiger partial charge in [0.2, 0.25) is 0 Å². The van der Waals surface area contributed by atoms with Gasteiger partial charge in [-0.2, -0.15) is 0 Å². The van der Waals surface area contributed by atoms with Crippen LogP contribution in [0.5, 0.6) is 11.5 Å². The Morgan fingerprint density at radius 3 is 2.17 bits per heavy atom. The summed E-state index contributed by atoms with van der Waals surface area (Å²) in [7, 11) is 0. The van der Waals surface area contributed by atoms with Gasteiger partial charge in [-0.15, -0.1) is 0 Å². The van der Waals surface area contributed by atoms with Gasteiger partial charge in [-0.25, -0.2) is 4.79 Å². The summed E-state index contributed by atoms with van der Waals surface area (Å²) in [5.74, 6) is 1.99. The first kappa shape index (κ1) is 24.1. The molecule has 2 unspecified atom stereocenters. The van der Waals surface area contributed by atoms with Crippen molar-refractivity contribution in [3.63, 3.8) is 0 Å². The zero-order valence-corrected chi connectivity index (χ0v) is 20.9. The minimum Gasteiger partial charge on any atom is -0.478 e. The zero-order chi connectivity index (χ0) is 25.3.